The zero-order chi connectivity index (χ0) is 18.5. The van der Waals surface area contributed by atoms with Gasteiger partial charge in [-0.2, -0.15) is 0 Å². The highest BCUT2D eigenvalue weighted by atomic mass is 16.5. The molecule has 1 nitrogen and oxygen atoms in total. The van der Waals surface area contributed by atoms with Gasteiger partial charge in [-0.25, -0.2) is 0 Å². The molecule has 0 amide bonds. The Bertz CT molecular complexity index is 476. The molecule has 0 aromatic heterocycles. The summed E-state index contributed by atoms with van der Waals surface area (Å²) in [5, 5.41) is 0. The van der Waals surface area contributed by atoms with Gasteiger partial charge in [0.25, 0.3) is 0 Å². The van der Waals surface area contributed by atoms with Crippen LogP contribution >= 0.6 is 0 Å². The molecule has 1 atom stereocenters. The lowest BCUT2D eigenvalue weighted by molar-refractivity contribution is 0.0651. The number of hydrogen-bond donors (Lipinski definition) is 0. The van der Waals surface area contributed by atoms with E-state index in [4.69, 9.17) is 4.74 Å². The molecule has 2 aliphatic rings. The standard InChI is InChI=1S/C25H40O/c1-3-5-11-21-26-22-25(18-8-6-9-19-25)20-10-7-13-24-16-14-23(12-4-2)15-17-24/h3-6,8-9,12,18,23-24H,7,10-11,13-17,19-22H2,1-2H3. The Morgan fingerprint density at radius 1 is 1.04 bits per heavy atom. The van der Waals surface area contributed by atoms with E-state index >= 15 is 0 Å². The van der Waals surface area contributed by atoms with Gasteiger partial charge in [0.05, 0.1) is 13.2 Å². The van der Waals surface area contributed by atoms with E-state index < -0.39 is 0 Å². The summed E-state index contributed by atoms with van der Waals surface area (Å²) in [7, 11) is 0. The van der Waals surface area contributed by atoms with Crippen LogP contribution in [0.3, 0.4) is 0 Å². The second kappa shape index (κ2) is 12.3. The van der Waals surface area contributed by atoms with Crippen LogP contribution in [0.25, 0.3) is 0 Å². The van der Waals surface area contributed by atoms with Crippen molar-refractivity contribution in [3.05, 3.63) is 48.6 Å². The van der Waals surface area contributed by atoms with E-state index in [1.54, 1.807) is 0 Å². The van der Waals surface area contributed by atoms with Gasteiger partial charge in [-0.05, 0) is 70.6 Å². The van der Waals surface area contributed by atoms with Crippen LogP contribution in [0.4, 0.5) is 0 Å². The monoisotopic (exact) mass is 356 g/mol. The first kappa shape index (κ1) is 21.2. The van der Waals surface area contributed by atoms with E-state index in [9.17, 15) is 0 Å². The maximum absolute atomic E-state index is 6.02. The van der Waals surface area contributed by atoms with Gasteiger partial charge in [0, 0.05) is 5.41 Å². The summed E-state index contributed by atoms with van der Waals surface area (Å²) in [4.78, 5) is 0. The van der Waals surface area contributed by atoms with Gasteiger partial charge in [-0.1, -0.05) is 67.9 Å². The maximum atomic E-state index is 6.02. The van der Waals surface area contributed by atoms with Crippen LogP contribution in [0.2, 0.25) is 0 Å². The molecule has 0 spiro atoms. The van der Waals surface area contributed by atoms with Crippen molar-refractivity contribution in [2.75, 3.05) is 13.2 Å². The second-order valence-corrected chi connectivity index (χ2v) is 8.32. The molecule has 146 valence electrons. The summed E-state index contributed by atoms with van der Waals surface area (Å²) in [6.07, 6.45) is 31.4. The molecule has 2 rings (SSSR count). The lowest BCUT2D eigenvalue weighted by atomic mass is 9.76. The van der Waals surface area contributed by atoms with Crippen molar-refractivity contribution >= 4 is 0 Å². The Morgan fingerprint density at radius 2 is 1.88 bits per heavy atom. The number of rotatable bonds is 11. The normalized spacial score (nSPS) is 29.2. The fraction of sp³-hybridized carbons (Fsp3) is 0.680. The summed E-state index contributed by atoms with van der Waals surface area (Å²) < 4.78 is 6.02. The minimum atomic E-state index is 0.244. The lowest BCUT2D eigenvalue weighted by Crippen LogP contribution is -2.26. The molecule has 1 unspecified atom stereocenters. The second-order valence-electron chi connectivity index (χ2n) is 8.32. The van der Waals surface area contributed by atoms with E-state index in [0.29, 0.717) is 0 Å². The Morgan fingerprint density at radius 3 is 2.58 bits per heavy atom. The Labute approximate surface area is 162 Å². The third-order valence-electron chi connectivity index (χ3n) is 6.17. The third kappa shape index (κ3) is 7.66. The van der Waals surface area contributed by atoms with Crippen LogP contribution in [-0.2, 0) is 4.74 Å². The number of unbranched alkanes of at least 4 members (excludes halogenated alkanes) is 1. The van der Waals surface area contributed by atoms with Crippen molar-refractivity contribution in [3.8, 4) is 0 Å². The Hall–Kier alpha value is -1.08. The van der Waals surface area contributed by atoms with Gasteiger partial charge >= 0.3 is 0 Å². The van der Waals surface area contributed by atoms with E-state index in [2.05, 4.69) is 62.5 Å². The molecule has 0 saturated heterocycles. The summed E-state index contributed by atoms with van der Waals surface area (Å²) >= 11 is 0. The number of allylic oxidation sites excluding steroid dienone is 6. The van der Waals surface area contributed by atoms with E-state index in [1.165, 1.54) is 51.4 Å². The first-order valence-electron chi connectivity index (χ1n) is 10.9. The average molecular weight is 357 g/mol. The van der Waals surface area contributed by atoms with E-state index in [0.717, 1.165) is 37.9 Å². The predicted molar refractivity (Wildman–Crippen MR) is 114 cm³/mol. The average Bonchev–Trinajstić information content (AvgIpc) is 2.67. The smallest absolute Gasteiger partial charge is 0.0560 e. The molecule has 0 heterocycles. The summed E-state index contributed by atoms with van der Waals surface area (Å²) in [5.74, 6) is 1.84. The zero-order valence-electron chi connectivity index (χ0n) is 17.2. The number of ether oxygens (including phenoxy) is 1. The molecule has 2 aliphatic carbocycles. The van der Waals surface area contributed by atoms with Crippen LogP contribution in [0.5, 0.6) is 0 Å². The fourth-order valence-corrected chi connectivity index (χ4v) is 4.52. The number of hydrogen-bond acceptors (Lipinski definition) is 1. The van der Waals surface area contributed by atoms with Crippen molar-refractivity contribution in [2.45, 2.75) is 78.1 Å². The van der Waals surface area contributed by atoms with Crippen LogP contribution in [-0.4, -0.2) is 13.2 Å². The molecule has 0 bridgehead atoms. The molecule has 0 N–H and O–H groups in total. The van der Waals surface area contributed by atoms with Crippen LogP contribution in [0.1, 0.15) is 78.1 Å². The Balaban J connectivity index is 1.66. The molecule has 1 fully saturated rings. The molecule has 0 aromatic rings. The first-order valence-corrected chi connectivity index (χ1v) is 10.9. The van der Waals surface area contributed by atoms with Crippen LogP contribution in [0, 0.1) is 17.3 Å². The van der Waals surface area contributed by atoms with Gasteiger partial charge in [-0.15, -0.1) is 0 Å². The molecule has 0 aromatic carbocycles. The molecule has 26 heavy (non-hydrogen) atoms. The van der Waals surface area contributed by atoms with Gasteiger partial charge in [0.1, 0.15) is 0 Å². The quantitative estimate of drug-likeness (QED) is 0.276. The zero-order valence-corrected chi connectivity index (χ0v) is 17.2. The molecule has 1 saturated carbocycles. The maximum Gasteiger partial charge on any atom is 0.0560 e. The van der Waals surface area contributed by atoms with Gasteiger partial charge in [0.2, 0.25) is 0 Å². The molecule has 0 aliphatic heterocycles. The fourth-order valence-electron chi connectivity index (χ4n) is 4.52. The summed E-state index contributed by atoms with van der Waals surface area (Å²) in [6.45, 7) is 5.95. The topological polar surface area (TPSA) is 9.23 Å². The third-order valence-corrected chi connectivity index (χ3v) is 6.17. The highest BCUT2D eigenvalue weighted by molar-refractivity contribution is 5.16. The van der Waals surface area contributed by atoms with Crippen molar-refractivity contribution in [1.82, 2.24) is 0 Å². The summed E-state index contributed by atoms with van der Waals surface area (Å²) in [5.41, 5.74) is 0.244. The van der Waals surface area contributed by atoms with Crippen molar-refractivity contribution in [1.29, 1.82) is 0 Å². The largest absolute Gasteiger partial charge is 0.380 e. The minimum Gasteiger partial charge on any atom is -0.380 e. The van der Waals surface area contributed by atoms with E-state index in [-0.39, 0.29) is 5.41 Å². The highest BCUT2D eigenvalue weighted by Gasteiger charge is 2.27. The Kier molecular flexibility index (Phi) is 10.1. The lowest BCUT2D eigenvalue weighted by Gasteiger charge is -2.32. The predicted octanol–water partition coefficient (Wildman–Crippen LogP) is 7.41. The van der Waals surface area contributed by atoms with Gasteiger partial charge in [0.15, 0.2) is 0 Å². The van der Waals surface area contributed by atoms with Crippen LogP contribution < -0.4 is 0 Å². The van der Waals surface area contributed by atoms with E-state index in [1.807, 2.05) is 0 Å². The van der Waals surface area contributed by atoms with Crippen molar-refractivity contribution in [2.24, 2.45) is 17.3 Å². The van der Waals surface area contributed by atoms with Crippen molar-refractivity contribution in [3.63, 3.8) is 0 Å². The molecule has 0 radical (unpaired) electrons. The first-order chi connectivity index (χ1) is 12.8. The molecular formula is C25H40O. The van der Waals surface area contributed by atoms with Gasteiger partial charge in [-0.3, -0.25) is 0 Å². The summed E-state index contributed by atoms with van der Waals surface area (Å²) in [6, 6.07) is 0. The highest BCUT2D eigenvalue weighted by Crippen LogP contribution is 2.36. The molecular weight excluding hydrogens is 316 g/mol. The molecule has 1 heteroatoms. The SMILES string of the molecule is CC=CCCOCC1(CCCCC2CCC(C=CC)CC2)C=CC=CC1. The van der Waals surface area contributed by atoms with Gasteiger partial charge < -0.3 is 4.74 Å². The minimum absolute atomic E-state index is 0.244. The van der Waals surface area contributed by atoms with Crippen LogP contribution in [0.15, 0.2) is 48.6 Å². The van der Waals surface area contributed by atoms with Crippen molar-refractivity contribution < 1.29 is 4.74 Å².